The Morgan fingerprint density at radius 3 is 2.06 bits per heavy atom. The van der Waals surface area contributed by atoms with Crippen LogP contribution in [0.2, 0.25) is 0 Å². The van der Waals surface area contributed by atoms with Crippen molar-refractivity contribution < 1.29 is 9.18 Å². The zero-order chi connectivity index (χ0) is 23.0. The van der Waals surface area contributed by atoms with Gasteiger partial charge in [0.15, 0.2) is 0 Å². The van der Waals surface area contributed by atoms with Crippen LogP contribution >= 0.6 is 0 Å². The molecule has 0 aliphatic rings. The van der Waals surface area contributed by atoms with Gasteiger partial charge in [0.1, 0.15) is 5.82 Å². The van der Waals surface area contributed by atoms with Crippen molar-refractivity contribution in [2.45, 2.75) is 90.0 Å². The van der Waals surface area contributed by atoms with Crippen LogP contribution in [0.15, 0.2) is 48.5 Å². The number of benzene rings is 2. The van der Waals surface area contributed by atoms with E-state index in [0.717, 1.165) is 24.1 Å². The number of nitrogens with two attached hydrogens (primary N) is 1. The van der Waals surface area contributed by atoms with Crippen LogP contribution in [-0.4, -0.2) is 18.5 Å². The van der Waals surface area contributed by atoms with E-state index in [1.165, 1.54) is 69.9 Å². The van der Waals surface area contributed by atoms with Crippen molar-refractivity contribution in [1.29, 1.82) is 0 Å². The second-order valence-electron chi connectivity index (χ2n) is 8.93. The summed E-state index contributed by atoms with van der Waals surface area (Å²) in [6.07, 6.45) is 14.2. The van der Waals surface area contributed by atoms with Crippen LogP contribution in [0, 0.1) is 5.82 Å². The maximum atomic E-state index is 13.3. The third-order valence-corrected chi connectivity index (χ3v) is 5.92. The van der Waals surface area contributed by atoms with E-state index in [1.54, 1.807) is 6.07 Å². The summed E-state index contributed by atoms with van der Waals surface area (Å²) >= 11 is 0. The van der Waals surface area contributed by atoms with Gasteiger partial charge in [-0.25, -0.2) is 4.39 Å². The van der Waals surface area contributed by atoms with Crippen LogP contribution in [0.4, 0.5) is 4.39 Å². The second kappa shape index (κ2) is 15.6. The lowest BCUT2D eigenvalue weighted by molar-refractivity contribution is 0.0953. The van der Waals surface area contributed by atoms with E-state index in [-0.39, 0.29) is 17.8 Å². The summed E-state index contributed by atoms with van der Waals surface area (Å²) < 4.78 is 13.3. The third-order valence-electron chi connectivity index (χ3n) is 5.92. The molecule has 3 N–H and O–H groups in total. The predicted octanol–water partition coefficient (Wildman–Crippen LogP) is 6.59. The Balaban J connectivity index is 1.58. The van der Waals surface area contributed by atoms with Crippen molar-refractivity contribution in [2.75, 3.05) is 6.54 Å². The van der Waals surface area contributed by atoms with Gasteiger partial charge in [0, 0.05) is 18.2 Å². The molecule has 0 bridgehead atoms. The Labute approximate surface area is 194 Å². The number of hydrogen-bond acceptors (Lipinski definition) is 2. The average molecular weight is 441 g/mol. The first-order valence-corrected chi connectivity index (χ1v) is 12.5. The summed E-state index contributed by atoms with van der Waals surface area (Å²) in [6.45, 7) is 2.98. The van der Waals surface area contributed by atoms with E-state index in [0.29, 0.717) is 18.4 Å². The van der Waals surface area contributed by atoms with Gasteiger partial charge in [-0.05, 0) is 54.7 Å². The monoisotopic (exact) mass is 440 g/mol. The number of amides is 1. The molecule has 0 saturated carbocycles. The smallest absolute Gasteiger partial charge is 0.251 e. The normalized spacial score (nSPS) is 12.0. The number of halogens is 1. The minimum absolute atomic E-state index is 0.0171. The zero-order valence-electron chi connectivity index (χ0n) is 19.8. The van der Waals surface area contributed by atoms with Crippen LogP contribution < -0.4 is 11.1 Å². The molecular weight excluding hydrogens is 399 g/mol. The molecule has 176 valence electrons. The fourth-order valence-corrected chi connectivity index (χ4v) is 4.05. The maximum absolute atomic E-state index is 13.3. The fraction of sp³-hybridized carbons (Fsp3) is 0.536. The number of rotatable bonds is 16. The first kappa shape index (κ1) is 26.1. The summed E-state index contributed by atoms with van der Waals surface area (Å²) in [6, 6.07) is 14.1. The van der Waals surface area contributed by atoms with Crippen molar-refractivity contribution in [3.05, 3.63) is 71.0 Å². The first-order chi connectivity index (χ1) is 15.6. The molecule has 2 aromatic carbocycles. The van der Waals surface area contributed by atoms with E-state index in [1.807, 2.05) is 30.3 Å². The molecule has 4 heteroatoms. The van der Waals surface area contributed by atoms with Crippen molar-refractivity contribution in [3.8, 4) is 0 Å². The Kier molecular flexibility index (Phi) is 12.7. The summed E-state index contributed by atoms with van der Waals surface area (Å²) in [4.78, 5) is 12.3. The van der Waals surface area contributed by atoms with Gasteiger partial charge in [0.2, 0.25) is 0 Å². The Hall–Kier alpha value is -2.20. The lowest BCUT2D eigenvalue weighted by Gasteiger charge is -2.12. The van der Waals surface area contributed by atoms with Gasteiger partial charge >= 0.3 is 0 Å². The number of nitrogens with one attached hydrogen (secondary N) is 1. The molecule has 1 amide bonds. The van der Waals surface area contributed by atoms with E-state index < -0.39 is 0 Å². The van der Waals surface area contributed by atoms with Crippen LogP contribution in [0.5, 0.6) is 0 Å². The largest absolute Gasteiger partial charge is 0.352 e. The second-order valence-corrected chi connectivity index (χ2v) is 8.93. The van der Waals surface area contributed by atoms with Gasteiger partial charge in [-0.1, -0.05) is 89.0 Å². The van der Waals surface area contributed by atoms with Crippen molar-refractivity contribution >= 4 is 5.91 Å². The van der Waals surface area contributed by atoms with E-state index in [4.69, 9.17) is 5.73 Å². The standard InChI is InChI=1S/C28H41FN2O/c1-2-3-4-5-6-7-8-9-10-11-19-31-28(32)25-17-15-23(16-18-25)21-27(30)22-24-13-12-14-26(29)20-24/h12-18,20,27H,2-11,19,21-22,30H2,1H3,(H,31,32). The molecule has 0 aromatic heterocycles. The third kappa shape index (κ3) is 10.9. The molecule has 1 atom stereocenters. The number of unbranched alkanes of at least 4 members (excludes halogenated alkanes) is 9. The van der Waals surface area contributed by atoms with Gasteiger partial charge in [0.05, 0.1) is 0 Å². The van der Waals surface area contributed by atoms with Gasteiger partial charge in [-0.3, -0.25) is 4.79 Å². The zero-order valence-corrected chi connectivity index (χ0v) is 19.8. The van der Waals surface area contributed by atoms with Gasteiger partial charge in [-0.15, -0.1) is 0 Å². The van der Waals surface area contributed by atoms with E-state index >= 15 is 0 Å². The summed E-state index contributed by atoms with van der Waals surface area (Å²) in [5.41, 5.74) is 8.90. The molecule has 0 aliphatic carbocycles. The highest BCUT2D eigenvalue weighted by Crippen LogP contribution is 2.12. The lowest BCUT2D eigenvalue weighted by atomic mass is 9.99. The summed E-state index contributed by atoms with van der Waals surface area (Å²) in [5.74, 6) is -0.251. The molecule has 1 unspecified atom stereocenters. The van der Waals surface area contributed by atoms with Gasteiger partial charge in [0.25, 0.3) is 5.91 Å². The first-order valence-electron chi connectivity index (χ1n) is 12.5. The molecule has 2 aromatic rings. The van der Waals surface area contributed by atoms with Gasteiger partial charge in [-0.2, -0.15) is 0 Å². The van der Waals surface area contributed by atoms with E-state index in [2.05, 4.69) is 12.2 Å². The highest BCUT2D eigenvalue weighted by molar-refractivity contribution is 5.94. The minimum Gasteiger partial charge on any atom is -0.352 e. The molecule has 0 saturated heterocycles. The predicted molar refractivity (Wildman–Crippen MR) is 132 cm³/mol. The minimum atomic E-state index is -0.233. The molecule has 0 radical (unpaired) electrons. The molecule has 0 spiro atoms. The highest BCUT2D eigenvalue weighted by Gasteiger charge is 2.09. The Morgan fingerprint density at radius 1 is 0.844 bits per heavy atom. The molecule has 32 heavy (non-hydrogen) atoms. The van der Waals surface area contributed by atoms with Crippen LogP contribution in [-0.2, 0) is 12.8 Å². The number of carbonyl (C=O) groups is 1. The quantitative estimate of drug-likeness (QED) is 0.289. The average Bonchev–Trinajstić information content (AvgIpc) is 2.77. The highest BCUT2D eigenvalue weighted by atomic mass is 19.1. The van der Waals surface area contributed by atoms with Crippen LogP contribution in [0.25, 0.3) is 0 Å². The molecule has 2 rings (SSSR count). The molecule has 0 fully saturated rings. The maximum Gasteiger partial charge on any atom is 0.251 e. The van der Waals surface area contributed by atoms with Crippen molar-refractivity contribution in [3.63, 3.8) is 0 Å². The summed E-state index contributed by atoms with van der Waals surface area (Å²) in [7, 11) is 0. The number of carbonyl (C=O) groups excluding carboxylic acids is 1. The number of hydrogen-bond donors (Lipinski definition) is 2. The van der Waals surface area contributed by atoms with Gasteiger partial charge < -0.3 is 11.1 Å². The Morgan fingerprint density at radius 2 is 1.44 bits per heavy atom. The molecule has 3 nitrogen and oxygen atoms in total. The fourth-order valence-electron chi connectivity index (χ4n) is 4.05. The SMILES string of the molecule is CCCCCCCCCCCCNC(=O)c1ccc(CC(N)Cc2cccc(F)c2)cc1. The molecular formula is C28H41FN2O. The lowest BCUT2D eigenvalue weighted by Crippen LogP contribution is -2.26. The topological polar surface area (TPSA) is 55.1 Å². The summed E-state index contributed by atoms with van der Waals surface area (Å²) in [5, 5.41) is 3.02. The van der Waals surface area contributed by atoms with E-state index in [9.17, 15) is 9.18 Å². The Bertz CT molecular complexity index is 775. The van der Waals surface area contributed by atoms with Crippen molar-refractivity contribution in [1.82, 2.24) is 5.32 Å². The van der Waals surface area contributed by atoms with Crippen LogP contribution in [0.3, 0.4) is 0 Å². The molecule has 0 heterocycles. The van der Waals surface area contributed by atoms with Crippen molar-refractivity contribution in [2.24, 2.45) is 5.73 Å². The molecule has 0 aliphatic heterocycles. The van der Waals surface area contributed by atoms with Crippen LogP contribution in [0.1, 0.15) is 92.6 Å².